The number of methoxy groups -OCH3 is 1. The molecule has 10 heteroatoms. The summed E-state index contributed by atoms with van der Waals surface area (Å²) in [6, 6.07) is 7.99. The zero-order valence-electron chi connectivity index (χ0n) is 14.9. The molecule has 0 aliphatic carbocycles. The summed E-state index contributed by atoms with van der Waals surface area (Å²) in [6.45, 7) is 0.139. The van der Waals surface area contributed by atoms with Crippen molar-refractivity contribution in [2.24, 2.45) is 0 Å². The number of nitrogens with two attached hydrogens (primary N) is 1. The number of fused-ring (bicyclic) bond motifs is 1. The van der Waals surface area contributed by atoms with Gasteiger partial charge in [0.25, 0.3) is 5.91 Å². The van der Waals surface area contributed by atoms with E-state index in [0.29, 0.717) is 28.7 Å². The first-order valence-corrected chi connectivity index (χ1v) is 8.47. The van der Waals surface area contributed by atoms with Crippen molar-refractivity contribution in [3.05, 3.63) is 40.9 Å². The van der Waals surface area contributed by atoms with Gasteiger partial charge >= 0.3 is 0 Å². The lowest BCUT2D eigenvalue weighted by molar-refractivity contribution is 0.0841. The summed E-state index contributed by atoms with van der Waals surface area (Å²) >= 11 is 5.96. The fourth-order valence-electron chi connectivity index (χ4n) is 2.44. The van der Waals surface area contributed by atoms with E-state index in [0.717, 1.165) is 0 Å². The first-order valence-electron chi connectivity index (χ1n) is 8.09. The SMILES string of the molecule is COc1cc(N)c(Cl)cc1C(=O)NCC(O)COc1ccc2c(c1)OCO2.Cl. The summed E-state index contributed by atoms with van der Waals surface area (Å²) in [5.41, 5.74) is 6.23. The van der Waals surface area contributed by atoms with Crippen LogP contribution in [-0.2, 0) is 0 Å². The van der Waals surface area contributed by atoms with Crippen LogP contribution in [0.15, 0.2) is 30.3 Å². The molecule has 2 aromatic rings. The third-order valence-electron chi connectivity index (χ3n) is 3.85. The van der Waals surface area contributed by atoms with Gasteiger partial charge in [0.15, 0.2) is 11.5 Å². The molecule has 0 fully saturated rings. The van der Waals surface area contributed by atoms with Gasteiger partial charge in [0.2, 0.25) is 6.79 Å². The monoisotopic (exact) mass is 430 g/mol. The second kappa shape index (κ2) is 9.59. The van der Waals surface area contributed by atoms with E-state index in [4.69, 9.17) is 36.3 Å². The Kier molecular flexibility index (Phi) is 7.45. The van der Waals surface area contributed by atoms with Gasteiger partial charge in [0.05, 0.1) is 23.4 Å². The maximum Gasteiger partial charge on any atom is 0.255 e. The molecule has 1 atom stereocenters. The Morgan fingerprint density at radius 1 is 1.32 bits per heavy atom. The van der Waals surface area contributed by atoms with Crippen molar-refractivity contribution in [3.63, 3.8) is 0 Å². The van der Waals surface area contributed by atoms with Crippen molar-refractivity contribution < 1.29 is 28.8 Å². The van der Waals surface area contributed by atoms with Crippen LogP contribution in [0.4, 0.5) is 5.69 Å². The Morgan fingerprint density at radius 3 is 2.82 bits per heavy atom. The predicted octanol–water partition coefficient (Wildman–Crippen LogP) is 2.25. The average molecular weight is 431 g/mol. The number of halogens is 2. The van der Waals surface area contributed by atoms with Crippen LogP contribution in [0.1, 0.15) is 10.4 Å². The van der Waals surface area contributed by atoms with Gasteiger partial charge in [-0.2, -0.15) is 0 Å². The molecule has 1 amide bonds. The molecule has 1 heterocycles. The van der Waals surface area contributed by atoms with Crippen molar-refractivity contribution in [3.8, 4) is 23.0 Å². The number of aliphatic hydroxyl groups is 1. The molecule has 1 unspecified atom stereocenters. The number of aliphatic hydroxyl groups excluding tert-OH is 1. The summed E-state index contributed by atoms with van der Waals surface area (Å²) in [5.74, 6) is 1.60. The highest BCUT2D eigenvalue weighted by atomic mass is 35.5. The van der Waals surface area contributed by atoms with Crippen LogP contribution in [0.5, 0.6) is 23.0 Å². The normalized spacial score (nSPS) is 12.7. The number of hydrogen-bond donors (Lipinski definition) is 3. The van der Waals surface area contributed by atoms with Gasteiger partial charge in [0, 0.05) is 18.7 Å². The number of hydrogen-bond acceptors (Lipinski definition) is 7. The number of nitrogen functional groups attached to an aromatic ring is 1. The van der Waals surface area contributed by atoms with Gasteiger partial charge < -0.3 is 35.1 Å². The van der Waals surface area contributed by atoms with E-state index in [1.807, 2.05) is 0 Å². The van der Waals surface area contributed by atoms with E-state index >= 15 is 0 Å². The van der Waals surface area contributed by atoms with Crippen LogP contribution in [0.25, 0.3) is 0 Å². The van der Waals surface area contributed by atoms with Crippen LogP contribution in [0, 0.1) is 0 Å². The summed E-state index contributed by atoms with van der Waals surface area (Å²) < 4.78 is 21.1. The Bertz CT molecular complexity index is 849. The summed E-state index contributed by atoms with van der Waals surface area (Å²) in [7, 11) is 1.42. The Balaban J connectivity index is 0.00000280. The molecule has 0 spiro atoms. The van der Waals surface area contributed by atoms with Crippen LogP contribution >= 0.6 is 24.0 Å². The van der Waals surface area contributed by atoms with Gasteiger partial charge in [0.1, 0.15) is 24.2 Å². The molecule has 0 aromatic heterocycles. The van der Waals surface area contributed by atoms with Crippen LogP contribution in [0.2, 0.25) is 5.02 Å². The Hall–Kier alpha value is -2.55. The number of carbonyl (C=O) groups is 1. The average Bonchev–Trinajstić information content (AvgIpc) is 3.14. The molecule has 8 nitrogen and oxygen atoms in total. The molecule has 4 N–H and O–H groups in total. The standard InChI is InChI=1S/C18H19ClN2O6.ClH/c1-24-16-6-14(20)13(19)5-12(16)18(23)21-7-10(22)8-25-11-2-3-15-17(4-11)27-9-26-15;/h2-6,10,22H,7-9,20H2,1H3,(H,21,23);1H. The summed E-state index contributed by atoms with van der Waals surface area (Å²) in [5, 5.41) is 12.9. The van der Waals surface area contributed by atoms with Crippen molar-refractivity contribution in [1.82, 2.24) is 5.32 Å². The molecule has 1 aliphatic heterocycles. The number of anilines is 1. The lowest BCUT2D eigenvalue weighted by Crippen LogP contribution is -2.35. The molecule has 1 aliphatic rings. The van der Waals surface area contributed by atoms with Crippen LogP contribution < -0.4 is 30.0 Å². The van der Waals surface area contributed by atoms with Gasteiger partial charge in [-0.15, -0.1) is 12.4 Å². The van der Waals surface area contributed by atoms with E-state index < -0.39 is 12.0 Å². The first kappa shape index (κ1) is 21.7. The molecular weight excluding hydrogens is 411 g/mol. The maximum atomic E-state index is 12.3. The van der Waals surface area contributed by atoms with Gasteiger partial charge in [-0.3, -0.25) is 4.79 Å². The number of nitrogens with one attached hydrogen (secondary N) is 1. The minimum absolute atomic E-state index is 0. The highest BCUT2D eigenvalue weighted by molar-refractivity contribution is 6.33. The second-order valence-corrected chi connectivity index (χ2v) is 6.17. The number of rotatable bonds is 7. The molecule has 0 bridgehead atoms. The lowest BCUT2D eigenvalue weighted by Gasteiger charge is -2.15. The highest BCUT2D eigenvalue weighted by Gasteiger charge is 2.17. The van der Waals surface area contributed by atoms with Gasteiger partial charge in [-0.05, 0) is 18.2 Å². The molecule has 3 rings (SSSR count). The largest absolute Gasteiger partial charge is 0.496 e. The third-order valence-corrected chi connectivity index (χ3v) is 4.18. The zero-order chi connectivity index (χ0) is 19.4. The number of amides is 1. The number of carbonyl (C=O) groups excluding carboxylic acids is 1. The fraction of sp³-hybridized carbons (Fsp3) is 0.278. The smallest absolute Gasteiger partial charge is 0.255 e. The van der Waals surface area contributed by atoms with Crippen molar-refractivity contribution in [2.45, 2.75) is 6.10 Å². The van der Waals surface area contributed by atoms with E-state index in [2.05, 4.69) is 5.32 Å². The summed E-state index contributed by atoms with van der Waals surface area (Å²) in [4.78, 5) is 12.3. The van der Waals surface area contributed by atoms with Gasteiger partial charge in [-0.1, -0.05) is 11.6 Å². The minimum atomic E-state index is -0.922. The quantitative estimate of drug-likeness (QED) is 0.577. The Labute approximate surface area is 172 Å². The van der Waals surface area contributed by atoms with E-state index in [9.17, 15) is 9.90 Å². The van der Waals surface area contributed by atoms with E-state index in [-0.39, 0.29) is 42.9 Å². The predicted molar refractivity (Wildman–Crippen MR) is 106 cm³/mol. The van der Waals surface area contributed by atoms with Crippen molar-refractivity contribution >= 4 is 35.6 Å². The fourth-order valence-corrected chi connectivity index (χ4v) is 2.60. The molecular formula is C18H20Cl2N2O6. The summed E-state index contributed by atoms with van der Waals surface area (Å²) in [6.07, 6.45) is -0.922. The highest BCUT2D eigenvalue weighted by Crippen LogP contribution is 2.35. The molecule has 0 saturated carbocycles. The number of benzene rings is 2. The van der Waals surface area contributed by atoms with Crippen molar-refractivity contribution in [1.29, 1.82) is 0 Å². The maximum absolute atomic E-state index is 12.3. The van der Waals surface area contributed by atoms with E-state index in [1.54, 1.807) is 18.2 Å². The molecule has 28 heavy (non-hydrogen) atoms. The molecule has 0 saturated heterocycles. The second-order valence-electron chi connectivity index (χ2n) is 5.76. The minimum Gasteiger partial charge on any atom is -0.496 e. The third kappa shape index (κ3) is 5.03. The molecule has 0 radical (unpaired) electrons. The van der Waals surface area contributed by atoms with Gasteiger partial charge in [-0.25, -0.2) is 0 Å². The first-order chi connectivity index (χ1) is 13.0. The Morgan fingerprint density at radius 2 is 2.07 bits per heavy atom. The van der Waals surface area contributed by atoms with Crippen LogP contribution in [0.3, 0.4) is 0 Å². The molecule has 152 valence electrons. The molecule has 2 aromatic carbocycles. The lowest BCUT2D eigenvalue weighted by atomic mass is 10.1. The zero-order valence-corrected chi connectivity index (χ0v) is 16.5. The van der Waals surface area contributed by atoms with E-state index in [1.165, 1.54) is 19.2 Å². The van der Waals surface area contributed by atoms with Crippen LogP contribution in [-0.4, -0.2) is 44.2 Å². The topological polar surface area (TPSA) is 112 Å². The number of ether oxygens (including phenoxy) is 4. The van der Waals surface area contributed by atoms with Crippen molar-refractivity contribution in [2.75, 3.05) is 32.8 Å².